The molecule has 0 saturated carbocycles. The van der Waals surface area contributed by atoms with E-state index >= 15 is 0 Å². The highest BCUT2D eigenvalue weighted by Gasteiger charge is 2.02. The first kappa shape index (κ1) is 10.9. The lowest BCUT2D eigenvalue weighted by molar-refractivity contribution is 0.666. The molecule has 1 aromatic carbocycles. The molecule has 0 unspecified atom stereocenters. The predicted octanol–water partition coefficient (Wildman–Crippen LogP) is 1.66. The molecule has 0 radical (unpaired) electrons. The molecular formula is C13H16N2O. The molecular weight excluding hydrogens is 200 g/mol. The third-order valence-electron chi connectivity index (χ3n) is 2.74. The number of nitrogens with two attached hydrogens (primary N) is 1. The van der Waals surface area contributed by atoms with E-state index in [1.54, 1.807) is 6.07 Å². The van der Waals surface area contributed by atoms with Crippen LogP contribution in [-0.2, 0) is 6.54 Å². The Bertz CT molecular complexity index is 557. The number of benzene rings is 1. The van der Waals surface area contributed by atoms with Crippen LogP contribution in [0.1, 0.15) is 12.0 Å². The topological polar surface area (TPSA) is 48.0 Å². The van der Waals surface area contributed by atoms with Crippen LogP contribution in [0.4, 0.5) is 0 Å². The van der Waals surface area contributed by atoms with E-state index in [1.807, 2.05) is 31.3 Å². The molecule has 3 nitrogen and oxygen atoms in total. The summed E-state index contributed by atoms with van der Waals surface area (Å²) in [7, 11) is 0. The second kappa shape index (κ2) is 4.49. The van der Waals surface area contributed by atoms with Gasteiger partial charge in [-0.15, -0.1) is 0 Å². The average molecular weight is 216 g/mol. The van der Waals surface area contributed by atoms with Crippen molar-refractivity contribution < 1.29 is 0 Å². The largest absolute Gasteiger partial charge is 0.347 e. The van der Waals surface area contributed by atoms with Crippen LogP contribution in [0.2, 0.25) is 0 Å². The number of aromatic nitrogens is 1. The highest BCUT2D eigenvalue weighted by molar-refractivity contribution is 5.79. The Kier molecular flexibility index (Phi) is 3.06. The first-order chi connectivity index (χ1) is 7.72. The summed E-state index contributed by atoms with van der Waals surface area (Å²) in [5, 5.41) is 0.791. The molecule has 0 aliphatic carbocycles. The molecule has 3 heteroatoms. The van der Waals surface area contributed by atoms with Gasteiger partial charge < -0.3 is 10.3 Å². The summed E-state index contributed by atoms with van der Waals surface area (Å²) in [4.78, 5) is 11.7. The van der Waals surface area contributed by atoms with Gasteiger partial charge in [-0.25, -0.2) is 0 Å². The first-order valence-corrected chi connectivity index (χ1v) is 5.52. The first-order valence-electron chi connectivity index (χ1n) is 5.52. The normalized spacial score (nSPS) is 10.9. The molecule has 16 heavy (non-hydrogen) atoms. The van der Waals surface area contributed by atoms with Crippen molar-refractivity contribution in [2.45, 2.75) is 19.9 Å². The van der Waals surface area contributed by atoms with Gasteiger partial charge in [0.25, 0.3) is 0 Å². The average Bonchev–Trinajstić information content (AvgIpc) is 2.29. The van der Waals surface area contributed by atoms with Crippen molar-refractivity contribution in [3.8, 4) is 0 Å². The molecule has 1 heterocycles. The number of aryl methyl sites for hydroxylation is 2. The molecule has 2 aromatic rings. The standard InChI is InChI=1S/C13H16N2O/c1-10-3-4-12-11(9-10)13(16)5-8-15(12)7-2-6-14/h3-5,8-9H,2,6-7,14H2,1H3. The van der Waals surface area contributed by atoms with Crippen molar-refractivity contribution >= 4 is 10.9 Å². The zero-order chi connectivity index (χ0) is 11.5. The second-order valence-corrected chi connectivity index (χ2v) is 4.04. The Morgan fingerprint density at radius 3 is 2.88 bits per heavy atom. The van der Waals surface area contributed by atoms with Gasteiger partial charge in [-0.2, -0.15) is 0 Å². The Morgan fingerprint density at radius 2 is 2.12 bits per heavy atom. The van der Waals surface area contributed by atoms with Crippen molar-refractivity contribution in [1.29, 1.82) is 0 Å². The number of fused-ring (bicyclic) bond motifs is 1. The Hall–Kier alpha value is -1.61. The van der Waals surface area contributed by atoms with Crippen LogP contribution in [0.25, 0.3) is 10.9 Å². The summed E-state index contributed by atoms with van der Waals surface area (Å²) in [6.07, 6.45) is 2.77. The lowest BCUT2D eigenvalue weighted by Crippen LogP contribution is -2.10. The van der Waals surface area contributed by atoms with Crippen molar-refractivity contribution in [2.24, 2.45) is 5.73 Å². The van der Waals surface area contributed by atoms with Crippen molar-refractivity contribution in [1.82, 2.24) is 4.57 Å². The van der Waals surface area contributed by atoms with E-state index in [-0.39, 0.29) is 5.43 Å². The summed E-state index contributed by atoms with van der Waals surface area (Å²) in [6.45, 7) is 3.52. The second-order valence-electron chi connectivity index (χ2n) is 4.04. The van der Waals surface area contributed by atoms with Crippen LogP contribution in [0.15, 0.2) is 35.3 Å². The maximum Gasteiger partial charge on any atom is 0.189 e. The summed E-state index contributed by atoms with van der Waals surface area (Å²) in [6, 6.07) is 7.60. The van der Waals surface area contributed by atoms with Crippen LogP contribution in [0, 0.1) is 6.92 Å². The SMILES string of the molecule is Cc1ccc2c(c1)c(=O)ccn2CCCN. The van der Waals surface area contributed by atoms with E-state index in [4.69, 9.17) is 5.73 Å². The van der Waals surface area contributed by atoms with Crippen LogP contribution >= 0.6 is 0 Å². The molecule has 2 N–H and O–H groups in total. The lowest BCUT2D eigenvalue weighted by Gasteiger charge is -2.10. The summed E-state index contributed by atoms with van der Waals surface area (Å²) < 4.78 is 2.09. The molecule has 0 atom stereocenters. The molecule has 1 aromatic heterocycles. The number of hydrogen-bond donors (Lipinski definition) is 1. The number of hydrogen-bond acceptors (Lipinski definition) is 2. The van der Waals surface area contributed by atoms with E-state index in [9.17, 15) is 4.79 Å². The third kappa shape index (κ3) is 1.99. The maximum absolute atomic E-state index is 11.7. The van der Waals surface area contributed by atoms with E-state index in [2.05, 4.69) is 4.57 Å². The highest BCUT2D eigenvalue weighted by atomic mass is 16.1. The molecule has 0 aliphatic rings. The van der Waals surface area contributed by atoms with E-state index in [1.165, 1.54) is 0 Å². The zero-order valence-corrected chi connectivity index (χ0v) is 9.44. The van der Waals surface area contributed by atoms with Crippen LogP contribution in [0.3, 0.4) is 0 Å². The van der Waals surface area contributed by atoms with E-state index < -0.39 is 0 Å². The smallest absolute Gasteiger partial charge is 0.189 e. The highest BCUT2D eigenvalue weighted by Crippen LogP contribution is 2.12. The van der Waals surface area contributed by atoms with Crippen molar-refractivity contribution in [2.75, 3.05) is 6.54 Å². The third-order valence-corrected chi connectivity index (χ3v) is 2.74. The Labute approximate surface area is 94.5 Å². The molecule has 0 amide bonds. The Balaban J connectivity index is 2.60. The maximum atomic E-state index is 11.7. The molecule has 0 aliphatic heterocycles. The summed E-state index contributed by atoms with van der Waals surface area (Å²) >= 11 is 0. The van der Waals surface area contributed by atoms with E-state index in [0.29, 0.717) is 6.54 Å². The molecule has 0 spiro atoms. The molecule has 0 saturated heterocycles. The monoisotopic (exact) mass is 216 g/mol. The minimum atomic E-state index is 0.0858. The minimum Gasteiger partial charge on any atom is -0.347 e. The number of rotatable bonds is 3. The van der Waals surface area contributed by atoms with Gasteiger partial charge in [-0.05, 0) is 32.0 Å². The van der Waals surface area contributed by atoms with Gasteiger partial charge in [-0.1, -0.05) is 11.6 Å². The number of nitrogens with zero attached hydrogens (tertiary/aromatic N) is 1. The predicted molar refractivity (Wildman–Crippen MR) is 66.6 cm³/mol. The fourth-order valence-corrected chi connectivity index (χ4v) is 1.88. The summed E-state index contributed by atoms with van der Waals surface area (Å²) in [5.41, 5.74) is 7.69. The fraction of sp³-hybridized carbons (Fsp3) is 0.308. The van der Waals surface area contributed by atoms with Crippen LogP contribution in [-0.4, -0.2) is 11.1 Å². The summed E-state index contributed by atoms with van der Waals surface area (Å²) in [5.74, 6) is 0. The molecule has 0 bridgehead atoms. The number of pyridine rings is 1. The Morgan fingerprint density at radius 1 is 1.31 bits per heavy atom. The van der Waals surface area contributed by atoms with Gasteiger partial charge in [0.1, 0.15) is 0 Å². The quantitative estimate of drug-likeness (QED) is 0.848. The van der Waals surface area contributed by atoms with Crippen molar-refractivity contribution in [3.63, 3.8) is 0 Å². The van der Waals surface area contributed by atoms with Crippen LogP contribution < -0.4 is 11.2 Å². The van der Waals surface area contributed by atoms with Gasteiger partial charge in [-0.3, -0.25) is 4.79 Å². The zero-order valence-electron chi connectivity index (χ0n) is 9.44. The fourth-order valence-electron chi connectivity index (χ4n) is 1.88. The van der Waals surface area contributed by atoms with Gasteiger partial charge in [0.15, 0.2) is 5.43 Å². The van der Waals surface area contributed by atoms with Gasteiger partial charge >= 0.3 is 0 Å². The molecule has 84 valence electrons. The minimum absolute atomic E-state index is 0.0858. The van der Waals surface area contributed by atoms with E-state index in [0.717, 1.165) is 29.4 Å². The van der Waals surface area contributed by atoms with Gasteiger partial charge in [0.05, 0.1) is 5.52 Å². The van der Waals surface area contributed by atoms with Crippen LogP contribution in [0.5, 0.6) is 0 Å². The van der Waals surface area contributed by atoms with Gasteiger partial charge in [0, 0.05) is 24.2 Å². The van der Waals surface area contributed by atoms with Gasteiger partial charge in [0.2, 0.25) is 0 Å². The lowest BCUT2D eigenvalue weighted by atomic mass is 10.1. The van der Waals surface area contributed by atoms with Crippen molar-refractivity contribution in [3.05, 3.63) is 46.2 Å². The molecule has 2 rings (SSSR count). The molecule has 0 fully saturated rings.